The van der Waals surface area contributed by atoms with Gasteiger partial charge in [-0.15, -0.1) is 10.2 Å². The summed E-state index contributed by atoms with van der Waals surface area (Å²) in [5.41, 5.74) is 0. The Labute approximate surface area is 93.5 Å². The predicted molar refractivity (Wildman–Crippen MR) is 60.0 cm³/mol. The lowest BCUT2D eigenvalue weighted by atomic mass is 9.96. The fourth-order valence-electron chi connectivity index (χ4n) is 1.84. The molecular formula is C10H15N3OS. The third-order valence-electron chi connectivity index (χ3n) is 2.78. The summed E-state index contributed by atoms with van der Waals surface area (Å²) in [6.45, 7) is 0. The van der Waals surface area contributed by atoms with Crippen molar-refractivity contribution in [3.05, 3.63) is 12.2 Å². The molecule has 5 heteroatoms. The molecule has 0 aromatic carbocycles. The van der Waals surface area contributed by atoms with E-state index in [1.165, 1.54) is 11.5 Å². The molecule has 1 saturated heterocycles. The van der Waals surface area contributed by atoms with Crippen molar-refractivity contribution < 1.29 is 4.79 Å². The van der Waals surface area contributed by atoms with Crippen molar-refractivity contribution in [3.8, 4) is 0 Å². The highest BCUT2D eigenvalue weighted by Gasteiger charge is 2.20. The van der Waals surface area contributed by atoms with E-state index in [4.69, 9.17) is 0 Å². The van der Waals surface area contributed by atoms with Gasteiger partial charge in [-0.25, -0.2) is 0 Å². The van der Waals surface area contributed by atoms with Crippen LogP contribution in [0.25, 0.3) is 0 Å². The Kier molecular flexibility index (Phi) is 3.41. The van der Waals surface area contributed by atoms with E-state index in [0.29, 0.717) is 18.2 Å². The molecule has 0 aliphatic carbocycles. The van der Waals surface area contributed by atoms with Gasteiger partial charge < -0.3 is 4.57 Å². The standard InChI is InChI=1S/C10H15N3OS/c1-13-7-11-12-10(13)9(14)6-8-2-4-15-5-3-8/h7-8H,2-6H2,1H3. The summed E-state index contributed by atoms with van der Waals surface area (Å²) in [6.07, 6.45) is 4.53. The molecule has 1 aromatic rings. The van der Waals surface area contributed by atoms with Gasteiger partial charge in [0.05, 0.1) is 0 Å². The van der Waals surface area contributed by atoms with Gasteiger partial charge in [0.1, 0.15) is 6.33 Å². The average molecular weight is 225 g/mol. The first-order valence-electron chi connectivity index (χ1n) is 5.22. The Balaban J connectivity index is 1.94. The van der Waals surface area contributed by atoms with E-state index in [1.807, 2.05) is 18.8 Å². The Bertz CT molecular complexity index is 344. The normalized spacial score (nSPS) is 17.9. The fraction of sp³-hybridized carbons (Fsp3) is 0.700. The second-order valence-corrected chi connectivity index (χ2v) is 5.17. The second-order valence-electron chi connectivity index (χ2n) is 3.95. The van der Waals surface area contributed by atoms with Crippen LogP contribution in [0.1, 0.15) is 29.9 Å². The molecule has 0 bridgehead atoms. The Morgan fingerprint density at radius 1 is 1.60 bits per heavy atom. The van der Waals surface area contributed by atoms with Gasteiger partial charge >= 0.3 is 0 Å². The largest absolute Gasteiger partial charge is 0.314 e. The van der Waals surface area contributed by atoms with Gasteiger partial charge in [-0.2, -0.15) is 11.8 Å². The van der Waals surface area contributed by atoms with Crippen molar-refractivity contribution in [1.29, 1.82) is 0 Å². The Morgan fingerprint density at radius 3 is 2.93 bits per heavy atom. The van der Waals surface area contributed by atoms with Crippen LogP contribution in [-0.4, -0.2) is 32.1 Å². The Morgan fingerprint density at radius 2 is 2.33 bits per heavy atom. The molecule has 0 atom stereocenters. The molecule has 1 fully saturated rings. The molecule has 1 aliphatic heterocycles. The van der Waals surface area contributed by atoms with E-state index in [0.717, 1.165) is 12.8 Å². The minimum absolute atomic E-state index is 0.131. The maximum absolute atomic E-state index is 11.9. The topological polar surface area (TPSA) is 47.8 Å². The van der Waals surface area contributed by atoms with Crippen LogP contribution < -0.4 is 0 Å². The van der Waals surface area contributed by atoms with Gasteiger partial charge in [0.25, 0.3) is 0 Å². The first-order valence-corrected chi connectivity index (χ1v) is 6.38. The number of hydrogen-bond donors (Lipinski definition) is 0. The van der Waals surface area contributed by atoms with Crippen LogP contribution in [-0.2, 0) is 7.05 Å². The van der Waals surface area contributed by atoms with Crippen LogP contribution in [0.4, 0.5) is 0 Å². The van der Waals surface area contributed by atoms with Gasteiger partial charge in [-0.1, -0.05) is 0 Å². The molecule has 0 radical (unpaired) electrons. The van der Waals surface area contributed by atoms with E-state index in [-0.39, 0.29) is 5.78 Å². The van der Waals surface area contributed by atoms with E-state index in [1.54, 1.807) is 10.9 Å². The molecule has 2 rings (SSSR count). The predicted octanol–water partition coefficient (Wildman–Crippen LogP) is 1.53. The third-order valence-corrected chi connectivity index (χ3v) is 3.82. The number of hydrogen-bond acceptors (Lipinski definition) is 4. The number of ketones is 1. The van der Waals surface area contributed by atoms with E-state index >= 15 is 0 Å². The minimum Gasteiger partial charge on any atom is -0.314 e. The zero-order chi connectivity index (χ0) is 10.7. The molecule has 1 aliphatic rings. The van der Waals surface area contributed by atoms with Gasteiger partial charge in [0.2, 0.25) is 0 Å². The molecule has 1 aromatic heterocycles. The van der Waals surface area contributed by atoms with Crippen molar-refractivity contribution in [2.45, 2.75) is 19.3 Å². The maximum atomic E-state index is 11.9. The summed E-state index contributed by atoms with van der Waals surface area (Å²) in [6, 6.07) is 0. The number of aromatic nitrogens is 3. The fourth-order valence-corrected chi connectivity index (χ4v) is 3.04. The molecule has 0 saturated carbocycles. The summed E-state index contributed by atoms with van der Waals surface area (Å²) in [5.74, 6) is 3.56. The van der Waals surface area contributed by atoms with Crippen LogP contribution in [0.2, 0.25) is 0 Å². The zero-order valence-corrected chi connectivity index (χ0v) is 9.66. The van der Waals surface area contributed by atoms with Crippen LogP contribution in [0.3, 0.4) is 0 Å². The quantitative estimate of drug-likeness (QED) is 0.732. The first kappa shape index (κ1) is 10.7. The average Bonchev–Trinajstić information content (AvgIpc) is 2.66. The minimum atomic E-state index is 0.131. The van der Waals surface area contributed by atoms with Crippen LogP contribution in [0, 0.1) is 5.92 Å². The summed E-state index contributed by atoms with van der Waals surface area (Å²) >= 11 is 1.98. The number of aryl methyl sites for hydroxylation is 1. The van der Waals surface area contributed by atoms with Crippen LogP contribution in [0.5, 0.6) is 0 Å². The third kappa shape index (κ3) is 2.59. The lowest BCUT2D eigenvalue weighted by molar-refractivity contribution is 0.0945. The molecule has 0 amide bonds. The lowest BCUT2D eigenvalue weighted by Crippen LogP contribution is -2.16. The molecule has 0 unspecified atom stereocenters. The van der Waals surface area contributed by atoms with Gasteiger partial charge in [0, 0.05) is 13.5 Å². The number of carbonyl (C=O) groups is 1. The summed E-state index contributed by atoms with van der Waals surface area (Å²) in [7, 11) is 1.81. The number of Topliss-reactive ketones (excluding diaryl/α,β-unsaturated/α-hetero) is 1. The monoisotopic (exact) mass is 225 g/mol. The highest BCUT2D eigenvalue weighted by Crippen LogP contribution is 2.26. The second kappa shape index (κ2) is 4.79. The van der Waals surface area contributed by atoms with Crippen LogP contribution in [0.15, 0.2) is 6.33 Å². The molecular weight excluding hydrogens is 210 g/mol. The van der Waals surface area contributed by atoms with Crippen molar-refractivity contribution >= 4 is 17.5 Å². The SMILES string of the molecule is Cn1cnnc1C(=O)CC1CCSCC1. The number of rotatable bonds is 3. The van der Waals surface area contributed by atoms with E-state index in [2.05, 4.69) is 10.2 Å². The van der Waals surface area contributed by atoms with Crippen LogP contribution >= 0.6 is 11.8 Å². The highest BCUT2D eigenvalue weighted by atomic mass is 32.2. The Hall–Kier alpha value is -0.840. The smallest absolute Gasteiger partial charge is 0.200 e. The molecule has 4 nitrogen and oxygen atoms in total. The van der Waals surface area contributed by atoms with Gasteiger partial charge in [-0.05, 0) is 30.3 Å². The van der Waals surface area contributed by atoms with Crippen molar-refractivity contribution in [2.24, 2.45) is 13.0 Å². The molecule has 0 N–H and O–H groups in total. The van der Waals surface area contributed by atoms with Crippen molar-refractivity contribution in [1.82, 2.24) is 14.8 Å². The summed E-state index contributed by atoms with van der Waals surface area (Å²) in [5, 5.41) is 7.56. The van der Waals surface area contributed by atoms with Crippen molar-refractivity contribution in [3.63, 3.8) is 0 Å². The molecule has 82 valence electrons. The van der Waals surface area contributed by atoms with E-state index in [9.17, 15) is 4.79 Å². The molecule has 2 heterocycles. The van der Waals surface area contributed by atoms with Gasteiger partial charge in [-0.3, -0.25) is 4.79 Å². The van der Waals surface area contributed by atoms with E-state index < -0.39 is 0 Å². The summed E-state index contributed by atoms with van der Waals surface area (Å²) in [4.78, 5) is 11.9. The highest BCUT2D eigenvalue weighted by molar-refractivity contribution is 7.99. The number of carbonyl (C=O) groups excluding carboxylic acids is 1. The maximum Gasteiger partial charge on any atom is 0.200 e. The van der Waals surface area contributed by atoms with Crippen molar-refractivity contribution in [2.75, 3.05) is 11.5 Å². The molecule has 15 heavy (non-hydrogen) atoms. The zero-order valence-electron chi connectivity index (χ0n) is 8.85. The first-order chi connectivity index (χ1) is 7.27. The number of nitrogens with zero attached hydrogens (tertiary/aromatic N) is 3. The lowest BCUT2D eigenvalue weighted by Gasteiger charge is -2.19. The van der Waals surface area contributed by atoms with Gasteiger partial charge in [0.15, 0.2) is 11.6 Å². The molecule has 0 spiro atoms. The summed E-state index contributed by atoms with van der Waals surface area (Å²) < 4.78 is 1.69. The number of thioether (sulfide) groups is 1.